The third-order valence-corrected chi connectivity index (χ3v) is 20.9. The van der Waals surface area contributed by atoms with Gasteiger partial charge in [-0.25, -0.2) is 4.57 Å². The van der Waals surface area contributed by atoms with E-state index in [9.17, 15) is 4.89 Å². The summed E-state index contributed by atoms with van der Waals surface area (Å²) < 4.78 is 51.7. The summed E-state index contributed by atoms with van der Waals surface area (Å²) >= 11 is 0. The number of hydrogen-bond donors (Lipinski definition) is 1. The molecule has 85 heavy (non-hydrogen) atoms. The zero-order chi connectivity index (χ0) is 59.1. The fraction of sp³-hybridized carbons (Fsp3) is 0.158. The van der Waals surface area contributed by atoms with Crippen LogP contribution < -0.4 is 18.1 Å². The molecule has 2 unspecified atom stereocenters. The molecule has 2 atom stereocenters. The summed E-state index contributed by atoms with van der Waals surface area (Å²) in [5.41, 5.74) is 22.9. The first kappa shape index (κ1) is 54.3. The molecule has 12 aromatic rings. The minimum Gasteiger partial charge on any atom is -0.409 e. The lowest BCUT2D eigenvalue weighted by molar-refractivity contribution is 0.361. The minimum absolute atomic E-state index is 0.275. The van der Waals surface area contributed by atoms with Crippen LogP contribution in [0.1, 0.15) is 66.8 Å². The van der Waals surface area contributed by atoms with Crippen molar-refractivity contribution >= 4 is 58.6 Å². The number of benzene rings is 12. The van der Waals surface area contributed by atoms with Crippen molar-refractivity contribution in [1.82, 2.24) is 0 Å². The van der Waals surface area contributed by atoms with Gasteiger partial charge in [0.2, 0.25) is 0 Å². The van der Waals surface area contributed by atoms with Gasteiger partial charge < -0.3 is 18.1 Å². The molecule has 0 radical (unpaired) electrons. The summed E-state index contributed by atoms with van der Waals surface area (Å²) in [7, 11) is -10.0. The van der Waals surface area contributed by atoms with Crippen LogP contribution in [-0.2, 0) is 4.57 Å². The molecule has 2 aliphatic rings. The molecule has 7 nitrogen and oxygen atoms in total. The van der Waals surface area contributed by atoms with Crippen molar-refractivity contribution in [3.63, 3.8) is 0 Å². The second-order valence-corrected chi connectivity index (χ2v) is 27.3. The molecule has 0 spiro atoms. The van der Waals surface area contributed by atoms with Crippen LogP contribution in [0, 0.1) is 83.1 Å². The molecular weight excluding hydrogens is 1080 g/mol. The maximum Gasteiger partial charge on any atom is 0.569 e. The van der Waals surface area contributed by atoms with Gasteiger partial charge in [0.15, 0.2) is 0 Å². The van der Waals surface area contributed by atoms with Gasteiger partial charge in [-0.05, 0) is 228 Å². The van der Waals surface area contributed by atoms with E-state index in [1.807, 2.05) is 48.5 Å². The van der Waals surface area contributed by atoms with E-state index in [1.165, 1.54) is 0 Å². The summed E-state index contributed by atoms with van der Waals surface area (Å²) in [4.78, 5) is 14.2. The van der Waals surface area contributed by atoms with Gasteiger partial charge >= 0.3 is 15.5 Å². The molecule has 2 aliphatic heterocycles. The summed E-state index contributed by atoms with van der Waals surface area (Å²) in [5, 5.41) is 7.37. The molecule has 420 valence electrons. The zero-order valence-corrected chi connectivity index (χ0v) is 51.8. The highest BCUT2D eigenvalue weighted by Gasteiger charge is 2.45. The Morgan fingerprint density at radius 2 is 0.612 bits per heavy atom. The van der Waals surface area contributed by atoms with Crippen LogP contribution in [-0.4, -0.2) is 4.89 Å². The highest BCUT2D eigenvalue weighted by atomic mass is 31.2. The second kappa shape index (κ2) is 20.0. The average molecular weight is 1150 g/mol. The van der Waals surface area contributed by atoms with E-state index in [1.54, 1.807) is 0 Å². The largest absolute Gasteiger partial charge is 0.569 e. The average Bonchev–Trinajstić information content (AvgIpc) is 1.98. The van der Waals surface area contributed by atoms with E-state index in [0.29, 0.717) is 45.1 Å². The lowest BCUT2D eigenvalue weighted by Gasteiger charge is -2.24. The maximum atomic E-state index is 17.3. The quantitative estimate of drug-likeness (QED) is 0.173. The predicted molar refractivity (Wildman–Crippen MR) is 354 cm³/mol. The van der Waals surface area contributed by atoms with Crippen molar-refractivity contribution in [2.24, 2.45) is 4.52 Å². The van der Waals surface area contributed by atoms with Crippen LogP contribution in [0.15, 0.2) is 174 Å². The third kappa shape index (κ3) is 8.89. The van der Waals surface area contributed by atoms with Gasteiger partial charge in [-0.15, -0.1) is 0 Å². The molecule has 12 aromatic carbocycles. The predicted octanol–water partition coefficient (Wildman–Crippen LogP) is 22.3. The maximum absolute atomic E-state index is 17.3. The molecule has 9 heteroatoms. The number of fused-ring (bicyclic) bond motifs is 14. The van der Waals surface area contributed by atoms with Gasteiger partial charge in [0.05, 0.1) is 0 Å². The van der Waals surface area contributed by atoms with Gasteiger partial charge in [-0.1, -0.05) is 172 Å². The van der Waals surface area contributed by atoms with Crippen molar-refractivity contribution in [3.05, 3.63) is 237 Å². The van der Waals surface area contributed by atoms with Gasteiger partial charge in [-0.2, -0.15) is 0 Å². The minimum atomic E-state index is -5.11. The van der Waals surface area contributed by atoms with E-state index < -0.39 is 15.5 Å². The zero-order valence-electron chi connectivity index (χ0n) is 50.0. The van der Waals surface area contributed by atoms with Gasteiger partial charge in [0.25, 0.3) is 0 Å². The summed E-state index contributed by atoms with van der Waals surface area (Å²) in [6, 6.07) is 58.9. The lowest BCUT2D eigenvalue weighted by Crippen LogP contribution is -2.05. The SMILES string of the molecule is Cc1cc(C)c(-c2cc3ccccc3c3c2OP(=O)(N=P2(O)Oc4cc(-c5c(C)cc(C)cc5C)c5ccccc5c4-c4c(c(-c5c(C)cc(C)cc5C)cc5ccccc45)O2)Oc2cc(-c4c(C)cc(C)cc4C)c4ccccc4c2-3)c(C)c1. The van der Waals surface area contributed by atoms with Crippen molar-refractivity contribution in [3.8, 4) is 89.8 Å². The topological polar surface area (TPSA) is 86.6 Å². The van der Waals surface area contributed by atoms with E-state index in [0.717, 1.165) is 149 Å². The molecule has 0 fully saturated rings. The highest BCUT2D eigenvalue weighted by molar-refractivity contribution is 7.64. The van der Waals surface area contributed by atoms with Crippen molar-refractivity contribution in [2.45, 2.75) is 83.1 Å². The van der Waals surface area contributed by atoms with Crippen molar-refractivity contribution in [1.29, 1.82) is 0 Å². The summed E-state index contributed by atoms with van der Waals surface area (Å²) in [6.07, 6.45) is 0. The Morgan fingerprint density at radius 1 is 0.306 bits per heavy atom. The van der Waals surface area contributed by atoms with E-state index in [2.05, 4.69) is 204 Å². The highest BCUT2D eigenvalue weighted by Crippen LogP contribution is 2.70. The lowest BCUT2D eigenvalue weighted by atomic mass is 9.84. The Morgan fingerprint density at radius 3 is 0.988 bits per heavy atom. The smallest absolute Gasteiger partial charge is 0.409 e. The first-order valence-electron chi connectivity index (χ1n) is 29.1. The summed E-state index contributed by atoms with van der Waals surface area (Å²) in [5.74, 6) is 1.23. The fourth-order valence-corrected chi connectivity index (χ4v) is 18.0. The number of hydrogen-bond acceptors (Lipinski definition) is 5. The molecule has 0 aromatic heterocycles. The molecule has 0 amide bonds. The molecule has 0 aliphatic carbocycles. The molecule has 0 bridgehead atoms. The van der Waals surface area contributed by atoms with E-state index >= 15 is 4.57 Å². The molecular formula is C76H65NO6P2. The van der Waals surface area contributed by atoms with Crippen molar-refractivity contribution in [2.75, 3.05) is 0 Å². The molecule has 0 saturated heterocycles. The van der Waals surface area contributed by atoms with Gasteiger partial charge in [0.1, 0.15) is 23.0 Å². The van der Waals surface area contributed by atoms with Crippen LogP contribution >= 0.6 is 15.5 Å². The van der Waals surface area contributed by atoms with Crippen LogP contribution in [0.3, 0.4) is 0 Å². The monoisotopic (exact) mass is 1150 g/mol. The second-order valence-electron chi connectivity index (χ2n) is 23.9. The van der Waals surface area contributed by atoms with Crippen LogP contribution in [0.25, 0.3) is 110 Å². The number of aryl methyl sites for hydroxylation is 12. The number of rotatable bonds is 5. The normalized spacial score (nSPS) is 16.1. The standard InChI is InChI=1S/C76H65NO6P2/c1-41-29-45(5)67(46(6)30-41)61-39-65-71(59-27-19-17-25-57(59)61)73-55-23-15-13-21-53(55)37-63(69-49(9)33-43(3)34-50(69)10)75(73)82-84(78,80-65)77-85(79)81-66-40-62(68-47(7)31-42(2)32-48(68)8)58-26-18-20-28-60(58)72(66)74-56-24-16-14-22-54(56)38-64(76(74)83-85)70-51(11)35-44(4)36-52(70)12/h13-40,78H,1-12H3. The van der Waals surface area contributed by atoms with Gasteiger partial charge in [-0.3, -0.25) is 4.89 Å². The third-order valence-electron chi connectivity index (χ3n) is 17.4. The van der Waals surface area contributed by atoms with E-state index in [4.69, 9.17) is 22.6 Å². The fourth-order valence-electron chi connectivity index (χ4n) is 14.6. The summed E-state index contributed by atoms with van der Waals surface area (Å²) in [6.45, 7) is 25.4. The van der Waals surface area contributed by atoms with Gasteiger partial charge in [0, 0.05) is 33.4 Å². The van der Waals surface area contributed by atoms with Crippen LogP contribution in [0.2, 0.25) is 0 Å². The number of nitrogens with zero attached hydrogens (tertiary/aromatic N) is 1. The Bertz CT molecular complexity index is 4960. The Kier molecular flexibility index (Phi) is 12.7. The Hall–Kier alpha value is -8.70. The first-order chi connectivity index (χ1) is 40.7. The van der Waals surface area contributed by atoms with Crippen LogP contribution in [0.5, 0.6) is 23.0 Å². The molecule has 14 rings (SSSR count). The van der Waals surface area contributed by atoms with Crippen LogP contribution in [0.4, 0.5) is 0 Å². The Labute approximate surface area is 497 Å². The molecule has 1 N–H and O–H groups in total. The molecule has 0 saturated carbocycles. The van der Waals surface area contributed by atoms with Crippen molar-refractivity contribution < 1.29 is 27.6 Å². The first-order valence-corrected chi connectivity index (χ1v) is 32.1. The van der Waals surface area contributed by atoms with E-state index in [-0.39, 0.29) is 5.75 Å². The Balaban J connectivity index is 1.13. The molecule has 2 heterocycles.